The van der Waals surface area contributed by atoms with Crippen molar-refractivity contribution in [1.82, 2.24) is 15.0 Å². The predicted molar refractivity (Wildman–Crippen MR) is 96.1 cm³/mol. The van der Waals surface area contributed by atoms with E-state index in [1.165, 1.54) is 37.8 Å². The van der Waals surface area contributed by atoms with Gasteiger partial charge in [0.05, 0.1) is 0 Å². The molecule has 0 bridgehead atoms. The Labute approximate surface area is 162 Å². The van der Waals surface area contributed by atoms with Crippen molar-refractivity contribution in [3.63, 3.8) is 0 Å². The van der Waals surface area contributed by atoms with Gasteiger partial charge in [0, 0.05) is 53.8 Å². The van der Waals surface area contributed by atoms with Crippen molar-refractivity contribution in [2.45, 2.75) is 12.2 Å². The molecule has 0 fully saturated rings. The molecule has 2 N–H and O–H groups in total. The van der Waals surface area contributed by atoms with Crippen molar-refractivity contribution in [2.75, 3.05) is 7.05 Å². The van der Waals surface area contributed by atoms with Crippen LogP contribution in [0.5, 0.6) is 0 Å². The lowest BCUT2D eigenvalue weighted by Gasteiger charge is -2.27. The van der Waals surface area contributed by atoms with Gasteiger partial charge in [-0.1, -0.05) is 5.16 Å². The first-order valence-corrected chi connectivity index (χ1v) is 8.42. The van der Waals surface area contributed by atoms with E-state index in [1.54, 1.807) is 0 Å². The van der Waals surface area contributed by atoms with Crippen molar-refractivity contribution in [3.05, 3.63) is 71.2 Å². The second-order valence-electron chi connectivity index (χ2n) is 6.46. The molecule has 0 saturated carbocycles. The number of rotatable bonds is 4. The van der Waals surface area contributed by atoms with E-state index in [2.05, 4.69) is 15.1 Å². The van der Waals surface area contributed by atoms with Gasteiger partial charge in [0.2, 0.25) is 0 Å². The molecular formula is C19H14F3N5O2. The van der Waals surface area contributed by atoms with Gasteiger partial charge >= 0.3 is 0 Å². The van der Waals surface area contributed by atoms with Gasteiger partial charge in [0.15, 0.2) is 11.5 Å². The Bertz CT molecular complexity index is 1130. The van der Waals surface area contributed by atoms with E-state index < -0.39 is 29.8 Å². The first kappa shape index (κ1) is 18.7. The van der Waals surface area contributed by atoms with Crippen molar-refractivity contribution >= 4 is 11.9 Å². The number of likely N-dealkylation sites (N-methyl/N-ethyl adjacent to an activating group) is 1. The summed E-state index contributed by atoms with van der Waals surface area (Å²) in [5, 5.41) is 3.66. The Morgan fingerprint density at radius 3 is 2.62 bits per heavy atom. The zero-order chi connectivity index (χ0) is 20.8. The minimum atomic E-state index is -1.99. The normalized spacial score (nSPS) is 19.0. The Kier molecular flexibility index (Phi) is 4.33. The van der Waals surface area contributed by atoms with Gasteiger partial charge in [0.25, 0.3) is 5.91 Å². The molecule has 3 aromatic rings. The third kappa shape index (κ3) is 2.75. The molecule has 0 spiro atoms. The van der Waals surface area contributed by atoms with Crippen molar-refractivity contribution in [1.29, 1.82) is 0 Å². The minimum absolute atomic E-state index is 0.0970. The molecule has 2 aromatic heterocycles. The monoisotopic (exact) mass is 401 g/mol. The fourth-order valence-electron chi connectivity index (χ4n) is 3.29. The van der Waals surface area contributed by atoms with Crippen LogP contribution in [0, 0.1) is 11.6 Å². The second-order valence-corrected chi connectivity index (χ2v) is 6.46. The van der Waals surface area contributed by atoms with E-state index in [1.807, 2.05) is 0 Å². The summed E-state index contributed by atoms with van der Waals surface area (Å²) in [7, 11) is 1.37. The maximum Gasteiger partial charge on any atom is 0.266 e. The highest BCUT2D eigenvalue weighted by Crippen LogP contribution is 2.42. The fraction of sp³-hybridized carbons (Fsp3) is 0.158. The maximum atomic E-state index is 15.0. The Balaban J connectivity index is 2.04. The van der Waals surface area contributed by atoms with Crippen LogP contribution in [0.1, 0.15) is 16.7 Å². The molecule has 0 radical (unpaired) electrons. The fourth-order valence-corrected chi connectivity index (χ4v) is 3.29. The van der Waals surface area contributed by atoms with Crippen LogP contribution < -0.4 is 5.73 Å². The van der Waals surface area contributed by atoms with E-state index in [0.29, 0.717) is 6.07 Å². The molecule has 4 rings (SSSR count). The number of amides is 1. The largest absolute Gasteiger partial charge is 0.369 e. The highest BCUT2D eigenvalue weighted by atomic mass is 19.1. The smallest absolute Gasteiger partial charge is 0.266 e. The molecule has 0 saturated heterocycles. The number of nitrogens with two attached hydrogens (primary N) is 1. The molecule has 0 aliphatic carbocycles. The van der Waals surface area contributed by atoms with Gasteiger partial charge in [0.1, 0.15) is 30.3 Å². The summed E-state index contributed by atoms with van der Waals surface area (Å²) < 4.78 is 47.4. The lowest BCUT2D eigenvalue weighted by Crippen LogP contribution is -2.41. The molecule has 29 heavy (non-hydrogen) atoms. The number of aliphatic imine (C=N–C) groups is 1. The number of hydrogen-bond acceptors (Lipinski definition) is 6. The third-order valence-electron chi connectivity index (χ3n) is 4.77. The summed E-state index contributed by atoms with van der Waals surface area (Å²) >= 11 is 0. The van der Waals surface area contributed by atoms with E-state index in [0.717, 1.165) is 11.0 Å². The molecule has 1 aliphatic heterocycles. The van der Waals surface area contributed by atoms with Gasteiger partial charge < -0.3 is 10.3 Å². The molecule has 1 amide bonds. The number of nitrogens with zero attached hydrogens (tertiary/aromatic N) is 4. The van der Waals surface area contributed by atoms with Crippen LogP contribution in [0.3, 0.4) is 0 Å². The number of alkyl halides is 1. The molecule has 3 heterocycles. The lowest BCUT2D eigenvalue weighted by molar-refractivity contribution is -0.129. The predicted octanol–water partition coefficient (Wildman–Crippen LogP) is 2.51. The number of carbonyl (C=O) groups is 1. The van der Waals surface area contributed by atoms with Crippen LogP contribution >= 0.6 is 0 Å². The average molecular weight is 401 g/mol. The number of pyridine rings is 1. The minimum Gasteiger partial charge on any atom is -0.369 e. The van der Waals surface area contributed by atoms with Gasteiger partial charge in [-0.25, -0.2) is 18.2 Å². The maximum absolute atomic E-state index is 15.0. The summed E-state index contributed by atoms with van der Waals surface area (Å²) in [5.41, 5.74) is 3.84. The number of halogens is 3. The quantitative estimate of drug-likeness (QED) is 0.725. The van der Waals surface area contributed by atoms with Gasteiger partial charge in [-0.05, 0) is 12.1 Å². The zero-order valence-corrected chi connectivity index (χ0v) is 15.1. The van der Waals surface area contributed by atoms with E-state index >= 15 is 4.39 Å². The van der Waals surface area contributed by atoms with Crippen LogP contribution in [-0.2, 0) is 17.0 Å². The highest BCUT2D eigenvalue weighted by molar-refractivity contribution is 6.09. The van der Waals surface area contributed by atoms with Crippen LogP contribution in [0.2, 0.25) is 0 Å². The first-order valence-electron chi connectivity index (χ1n) is 8.42. The summed E-state index contributed by atoms with van der Waals surface area (Å²) in [6, 6.07) is 4.49. The van der Waals surface area contributed by atoms with Crippen LogP contribution in [-0.4, -0.2) is 34.0 Å². The molecule has 1 aromatic carbocycles. The lowest BCUT2D eigenvalue weighted by atomic mass is 9.82. The first-order chi connectivity index (χ1) is 13.9. The second kappa shape index (κ2) is 6.73. The highest BCUT2D eigenvalue weighted by Gasteiger charge is 2.51. The number of hydrogen-bond donors (Lipinski definition) is 1. The molecule has 148 valence electrons. The van der Waals surface area contributed by atoms with Gasteiger partial charge in [-0.15, -0.1) is 0 Å². The number of guanidine groups is 1. The molecule has 10 heteroatoms. The Morgan fingerprint density at radius 2 is 2.00 bits per heavy atom. The Hall–Kier alpha value is -3.69. The van der Waals surface area contributed by atoms with Crippen LogP contribution in [0.15, 0.2) is 52.4 Å². The number of benzene rings is 1. The van der Waals surface area contributed by atoms with Crippen molar-refractivity contribution < 1.29 is 22.5 Å². The SMILES string of the molecule is CN1C(=O)C(c2cncc(CF)c2)(c2cc(-c3ccon3)c(F)cc2F)N=C1N. The van der Waals surface area contributed by atoms with E-state index in [4.69, 9.17) is 10.3 Å². The zero-order valence-electron chi connectivity index (χ0n) is 15.1. The molecular weight excluding hydrogens is 387 g/mol. The topological polar surface area (TPSA) is 97.6 Å². The number of carbonyl (C=O) groups excluding carboxylic acids is 1. The van der Waals surface area contributed by atoms with Crippen molar-refractivity contribution in [3.8, 4) is 11.3 Å². The molecule has 1 atom stereocenters. The summed E-state index contributed by atoms with van der Waals surface area (Å²) in [6.07, 6.45) is 3.77. The summed E-state index contributed by atoms with van der Waals surface area (Å²) in [5.74, 6) is -2.79. The third-order valence-corrected chi connectivity index (χ3v) is 4.77. The van der Waals surface area contributed by atoms with E-state index in [9.17, 15) is 13.6 Å². The summed E-state index contributed by atoms with van der Waals surface area (Å²) in [6.45, 7) is -0.851. The molecule has 1 aliphatic rings. The average Bonchev–Trinajstić information content (AvgIpc) is 3.32. The molecule has 1 unspecified atom stereocenters. The Morgan fingerprint density at radius 1 is 1.21 bits per heavy atom. The summed E-state index contributed by atoms with van der Waals surface area (Å²) in [4.78, 5) is 22.4. The van der Waals surface area contributed by atoms with Gasteiger partial charge in [-0.2, -0.15) is 0 Å². The van der Waals surface area contributed by atoms with E-state index in [-0.39, 0.29) is 33.9 Å². The number of aromatic nitrogens is 2. The van der Waals surface area contributed by atoms with Crippen molar-refractivity contribution in [2.24, 2.45) is 10.7 Å². The van der Waals surface area contributed by atoms with Crippen LogP contribution in [0.25, 0.3) is 11.3 Å². The molecule has 7 nitrogen and oxygen atoms in total. The van der Waals surface area contributed by atoms with Gasteiger partial charge in [-0.3, -0.25) is 14.7 Å². The standard InChI is InChI=1S/C19H14F3N5O2/c1-27-17(28)19(25-18(27)23,11-4-10(7-20)8-24-9-11)13-5-12(14(21)6-15(13)22)16-2-3-29-26-16/h2-6,8-9H,7H2,1H3,(H2,23,25). The van der Waals surface area contributed by atoms with Crippen LogP contribution in [0.4, 0.5) is 13.2 Å².